The van der Waals surface area contributed by atoms with Crippen molar-refractivity contribution in [3.8, 4) is 0 Å². The Bertz CT molecular complexity index is 1340. The molecule has 156 valence electrons. The number of halogens is 1. The Morgan fingerprint density at radius 3 is 2.47 bits per heavy atom. The molecule has 0 saturated heterocycles. The second-order valence-corrected chi connectivity index (χ2v) is 10.4. The maximum atomic E-state index is 14.7. The molecule has 3 aromatic heterocycles. The van der Waals surface area contributed by atoms with Gasteiger partial charge in [-0.1, -0.05) is 41.5 Å². The van der Waals surface area contributed by atoms with Crippen LogP contribution in [0.4, 0.5) is 4.39 Å². The van der Waals surface area contributed by atoms with Gasteiger partial charge in [0.25, 0.3) is 5.65 Å². The summed E-state index contributed by atoms with van der Waals surface area (Å²) in [5.41, 5.74) is 5.28. The van der Waals surface area contributed by atoms with E-state index >= 15 is 0 Å². The van der Waals surface area contributed by atoms with E-state index in [1.807, 2.05) is 6.20 Å². The highest BCUT2D eigenvalue weighted by molar-refractivity contribution is 6.00. The molecular formula is C26H31FN3+. The molecule has 2 atom stereocenters. The van der Waals surface area contributed by atoms with Crippen LogP contribution in [0.15, 0.2) is 36.7 Å². The number of hydrogen-bond donors (Lipinski definition) is 0. The van der Waals surface area contributed by atoms with Crippen molar-refractivity contribution in [3.63, 3.8) is 0 Å². The van der Waals surface area contributed by atoms with Crippen molar-refractivity contribution in [2.24, 2.45) is 0 Å². The fourth-order valence-electron chi connectivity index (χ4n) is 5.87. The number of aromatic nitrogens is 3. The van der Waals surface area contributed by atoms with Crippen LogP contribution in [-0.4, -0.2) is 9.55 Å². The SMILES string of the molecule is CCC1(C)c2cc(F)cc3cc[n+]4c5c(C(C)(C)C)nccc5n(c4c23)C1(C)CC. The highest BCUT2D eigenvalue weighted by Crippen LogP contribution is 2.53. The van der Waals surface area contributed by atoms with Gasteiger partial charge in [-0.15, -0.1) is 0 Å². The molecule has 0 N–H and O–H groups in total. The van der Waals surface area contributed by atoms with E-state index in [2.05, 4.69) is 75.8 Å². The van der Waals surface area contributed by atoms with E-state index in [1.165, 1.54) is 10.9 Å². The Morgan fingerprint density at radius 1 is 1.10 bits per heavy atom. The summed E-state index contributed by atoms with van der Waals surface area (Å²) in [7, 11) is 0. The number of imidazole rings is 1. The molecule has 4 heteroatoms. The van der Waals surface area contributed by atoms with Crippen molar-refractivity contribution >= 4 is 27.5 Å². The van der Waals surface area contributed by atoms with Gasteiger partial charge in [0.15, 0.2) is 5.52 Å². The zero-order chi connectivity index (χ0) is 21.6. The highest BCUT2D eigenvalue weighted by atomic mass is 19.1. The molecular weight excluding hydrogens is 373 g/mol. The van der Waals surface area contributed by atoms with Crippen LogP contribution in [0.25, 0.3) is 27.5 Å². The second-order valence-electron chi connectivity index (χ2n) is 10.4. The highest BCUT2D eigenvalue weighted by Gasteiger charge is 2.55. The molecule has 0 radical (unpaired) electrons. The lowest BCUT2D eigenvalue weighted by Gasteiger charge is -2.46. The first-order valence-electron chi connectivity index (χ1n) is 11.1. The molecule has 1 aromatic carbocycles. The quantitative estimate of drug-likeness (QED) is 0.366. The normalized spacial score (nSPS) is 23.9. The lowest BCUT2D eigenvalue weighted by Crippen LogP contribution is -2.51. The number of pyridine rings is 2. The van der Waals surface area contributed by atoms with Crippen molar-refractivity contribution < 1.29 is 8.79 Å². The molecule has 1 aliphatic rings. The molecule has 0 bridgehead atoms. The van der Waals surface area contributed by atoms with Gasteiger partial charge in [-0.2, -0.15) is 4.40 Å². The van der Waals surface area contributed by atoms with Crippen LogP contribution < -0.4 is 4.40 Å². The van der Waals surface area contributed by atoms with Gasteiger partial charge >= 0.3 is 0 Å². The number of hydrogen-bond acceptors (Lipinski definition) is 1. The second kappa shape index (κ2) is 5.81. The summed E-state index contributed by atoms with van der Waals surface area (Å²) in [6.07, 6.45) is 5.94. The Labute approximate surface area is 177 Å². The average Bonchev–Trinajstić information content (AvgIpc) is 3.05. The summed E-state index contributed by atoms with van der Waals surface area (Å²) >= 11 is 0. The first kappa shape index (κ1) is 19.5. The van der Waals surface area contributed by atoms with E-state index in [-0.39, 0.29) is 22.2 Å². The molecule has 0 spiro atoms. The van der Waals surface area contributed by atoms with Crippen molar-refractivity contribution in [3.05, 3.63) is 53.7 Å². The van der Waals surface area contributed by atoms with Gasteiger partial charge in [0.2, 0.25) is 5.52 Å². The van der Waals surface area contributed by atoms with E-state index in [1.54, 1.807) is 12.1 Å². The Balaban J connectivity index is 2.16. The van der Waals surface area contributed by atoms with Crippen molar-refractivity contribution in [1.82, 2.24) is 9.55 Å². The summed E-state index contributed by atoms with van der Waals surface area (Å²) < 4.78 is 19.6. The van der Waals surface area contributed by atoms with Crippen LogP contribution >= 0.6 is 0 Å². The standard InChI is InChI=1S/C26H31FN3/c1-8-25(6)18-15-17(27)14-16-11-13-29-21-19(10-12-28-22(21)24(3,4)5)30(23(29)20(16)18)26(25,7)9-2/h10-15H,8-9H2,1-7H3/q+1. The molecule has 0 saturated carbocycles. The lowest BCUT2D eigenvalue weighted by atomic mass is 9.62. The van der Waals surface area contributed by atoms with Crippen LogP contribution in [0, 0.1) is 5.82 Å². The van der Waals surface area contributed by atoms with Gasteiger partial charge in [0, 0.05) is 23.1 Å². The fourth-order valence-corrected chi connectivity index (χ4v) is 5.87. The number of rotatable bonds is 2. The molecule has 2 unspecified atom stereocenters. The molecule has 1 aliphatic heterocycles. The predicted molar refractivity (Wildman–Crippen MR) is 121 cm³/mol. The summed E-state index contributed by atoms with van der Waals surface area (Å²) in [5.74, 6) is -0.151. The number of nitrogens with zero attached hydrogens (tertiary/aromatic N) is 3. The molecule has 0 aliphatic carbocycles. The summed E-state index contributed by atoms with van der Waals surface area (Å²) in [6.45, 7) is 15.8. The number of fused-ring (bicyclic) bond motifs is 3. The van der Waals surface area contributed by atoms with E-state index in [9.17, 15) is 4.39 Å². The van der Waals surface area contributed by atoms with E-state index < -0.39 is 0 Å². The minimum atomic E-state index is -0.194. The first-order chi connectivity index (χ1) is 14.1. The van der Waals surface area contributed by atoms with Crippen LogP contribution in [-0.2, 0) is 16.4 Å². The third kappa shape index (κ3) is 2.10. The van der Waals surface area contributed by atoms with Crippen LogP contribution in [0.5, 0.6) is 0 Å². The van der Waals surface area contributed by atoms with Crippen molar-refractivity contribution in [2.75, 3.05) is 0 Å². The molecule has 0 fully saturated rings. The monoisotopic (exact) mass is 404 g/mol. The Morgan fingerprint density at radius 2 is 1.83 bits per heavy atom. The summed E-state index contributed by atoms with van der Waals surface area (Å²) in [5, 5.41) is 2.14. The van der Waals surface area contributed by atoms with Gasteiger partial charge in [0.05, 0.1) is 17.3 Å². The minimum absolute atomic E-state index is 0.0864. The maximum Gasteiger partial charge on any atom is 0.296 e. The molecule has 30 heavy (non-hydrogen) atoms. The first-order valence-corrected chi connectivity index (χ1v) is 11.1. The van der Waals surface area contributed by atoms with Gasteiger partial charge in [0.1, 0.15) is 11.4 Å². The zero-order valence-electron chi connectivity index (χ0n) is 19.1. The topological polar surface area (TPSA) is 21.9 Å². The van der Waals surface area contributed by atoms with E-state index in [4.69, 9.17) is 4.98 Å². The third-order valence-electron chi connectivity index (χ3n) is 7.97. The maximum absolute atomic E-state index is 14.7. The van der Waals surface area contributed by atoms with Gasteiger partial charge in [-0.05, 0) is 48.9 Å². The smallest absolute Gasteiger partial charge is 0.256 e. The number of benzene rings is 1. The van der Waals surface area contributed by atoms with Crippen LogP contribution in [0.1, 0.15) is 72.6 Å². The predicted octanol–water partition coefficient (Wildman–Crippen LogP) is 6.17. The molecule has 4 heterocycles. The van der Waals surface area contributed by atoms with Gasteiger partial charge in [-0.25, -0.2) is 8.96 Å². The molecule has 4 aromatic rings. The lowest BCUT2D eigenvalue weighted by molar-refractivity contribution is -0.482. The van der Waals surface area contributed by atoms with Gasteiger partial charge in [-0.3, -0.25) is 4.98 Å². The molecule has 5 rings (SSSR count). The molecule has 0 amide bonds. The zero-order valence-corrected chi connectivity index (χ0v) is 19.1. The average molecular weight is 405 g/mol. The summed E-state index contributed by atoms with van der Waals surface area (Å²) in [6, 6.07) is 7.67. The largest absolute Gasteiger partial charge is 0.296 e. The third-order valence-corrected chi connectivity index (χ3v) is 7.97. The van der Waals surface area contributed by atoms with Crippen LogP contribution in [0.2, 0.25) is 0 Å². The van der Waals surface area contributed by atoms with E-state index in [0.29, 0.717) is 0 Å². The summed E-state index contributed by atoms with van der Waals surface area (Å²) in [4.78, 5) is 4.82. The van der Waals surface area contributed by atoms with Gasteiger partial charge < -0.3 is 0 Å². The fraction of sp³-hybridized carbons (Fsp3) is 0.462. The van der Waals surface area contributed by atoms with Crippen LogP contribution in [0.3, 0.4) is 0 Å². The minimum Gasteiger partial charge on any atom is -0.256 e. The Kier molecular flexibility index (Phi) is 3.77. The van der Waals surface area contributed by atoms with E-state index in [0.717, 1.165) is 40.6 Å². The Hall–Kier alpha value is -2.49. The van der Waals surface area contributed by atoms with Crippen molar-refractivity contribution in [1.29, 1.82) is 0 Å². The molecule has 3 nitrogen and oxygen atoms in total. The van der Waals surface area contributed by atoms with Crippen molar-refractivity contribution in [2.45, 2.75) is 77.7 Å².